The molecule has 0 amide bonds. The number of rotatable bonds is 6. The van der Waals surface area contributed by atoms with E-state index in [0.29, 0.717) is 6.54 Å². The first-order valence-electron chi connectivity index (χ1n) is 5.38. The van der Waals surface area contributed by atoms with E-state index in [2.05, 4.69) is 10.4 Å². The zero-order chi connectivity index (χ0) is 12.2. The highest BCUT2D eigenvalue weighted by Crippen LogP contribution is 2.09. The van der Waals surface area contributed by atoms with Crippen LogP contribution in [0.2, 0.25) is 0 Å². The molecule has 0 aromatic carbocycles. The summed E-state index contributed by atoms with van der Waals surface area (Å²) in [4.78, 5) is 0. The Kier molecular flexibility index (Phi) is 4.49. The minimum Gasteiger partial charge on any atom is -0.313 e. The van der Waals surface area contributed by atoms with Gasteiger partial charge in [0, 0.05) is 23.6 Å². The molecule has 0 radical (unpaired) electrons. The smallest absolute Gasteiger partial charge is 0.151 e. The maximum absolute atomic E-state index is 11.3. The number of nitrogens with one attached hydrogen (secondary N) is 1. The van der Waals surface area contributed by atoms with E-state index in [-0.39, 0.29) is 17.5 Å². The van der Waals surface area contributed by atoms with Crippen molar-refractivity contribution >= 4 is 9.84 Å². The Bertz CT molecular complexity index is 425. The molecule has 1 atom stereocenters. The third-order valence-corrected chi connectivity index (χ3v) is 4.34. The Balaban J connectivity index is 2.60. The quantitative estimate of drug-likeness (QED) is 0.797. The van der Waals surface area contributed by atoms with Crippen molar-refractivity contribution in [1.82, 2.24) is 15.1 Å². The zero-order valence-electron chi connectivity index (χ0n) is 9.97. The van der Waals surface area contributed by atoms with E-state index < -0.39 is 9.84 Å². The minimum absolute atomic E-state index is 0.151. The monoisotopic (exact) mass is 245 g/mol. The molecule has 1 heterocycles. The Morgan fingerprint density at radius 3 is 2.81 bits per heavy atom. The lowest BCUT2D eigenvalue weighted by atomic mass is 10.2. The van der Waals surface area contributed by atoms with Crippen molar-refractivity contribution < 1.29 is 8.42 Å². The van der Waals surface area contributed by atoms with Crippen LogP contribution in [-0.2, 0) is 16.4 Å². The van der Waals surface area contributed by atoms with Crippen LogP contribution >= 0.6 is 0 Å². The molecular formula is C10H19N3O2S. The number of hydrogen-bond acceptors (Lipinski definition) is 4. The average Bonchev–Trinajstić information content (AvgIpc) is 2.74. The van der Waals surface area contributed by atoms with Gasteiger partial charge in [-0.05, 0) is 14.0 Å². The first kappa shape index (κ1) is 13.2. The molecule has 92 valence electrons. The fourth-order valence-electron chi connectivity index (χ4n) is 1.27. The van der Waals surface area contributed by atoms with Crippen LogP contribution in [0, 0.1) is 0 Å². The van der Waals surface area contributed by atoms with Gasteiger partial charge in [-0.1, -0.05) is 6.92 Å². The molecule has 1 N–H and O–H groups in total. The van der Waals surface area contributed by atoms with Crippen molar-refractivity contribution in [3.63, 3.8) is 0 Å². The molecule has 1 aromatic heterocycles. The van der Waals surface area contributed by atoms with Crippen LogP contribution in [0.1, 0.15) is 25.5 Å². The van der Waals surface area contributed by atoms with Crippen molar-refractivity contribution in [3.8, 4) is 0 Å². The average molecular weight is 245 g/mol. The van der Waals surface area contributed by atoms with E-state index in [1.165, 1.54) is 0 Å². The number of nitrogens with zero attached hydrogens (tertiary/aromatic N) is 2. The summed E-state index contributed by atoms with van der Waals surface area (Å²) in [5.41, 5.74) is 1.07. The maximum atomic E-state index is 11.3. The maximum Gasteiger partial charge on any atom is 0.151 e. The topological polar surface area (TPSA) is 64.0 Å². The molecule has 6 heteroatoms. The molecule has 0 bridgehead atoms. The van der Waals surface area contributed by atoms with Crippen LogP contribution in [0.3, 0.4) is 0 Å². The van der Waals surface area contributed by atoms with Gasteiger partial charge < -0.3 is 5.32 Å². The first-order chi connectivity index (χ1) is 7.48. The van der Waals surface area contributed by atoms with Crippen molar-refractivity contribution in [1.29, 1.82) is 0 Å². The predicted molar refractivity (Wildman–Crippen MR) is 64.0 cm³/mol. The molecule has 1 rings (SSSR count). The van der Waals surface area contributed by atoms with Gasteiger partial charge in [0.05, 0.1) is 18.5 Å². The summed E-state index contributed by atoms with van der Waals surface area (Å²) >= 11 is 0. The molecule has 1 aromatic rings. The van der Waals surface area contributed by atoms with Gasteiger partial charge in [0.2, 0.25) is 0 Å². The normalized spacial score (nSPS) is 13.9. The second-order valence-corrected chi connectivity index (χ2v) is 6.26. The Morgan fingerprint density at radius 1 is 1.56 bits per heavy atom. The zero-order valence-corrected chi connectivity index (χ0v) is 10.8. The van der Waals surface area contributed by atoms with Gasteiger partial charge in [0.25, 0.3) is 0 Å². The Morgan fingerprint density at radius 2 is 2.25 bits per heavy atom. The number of aryl methyl sites for hydroxylation is 1. The van der Waals surface area contributed by atoms with Crippen molar-refractivity contribution in [2.75, 3.05) is 18.6 Å². The number of aromatic nitrogens is 2. The Labute approximate surface area is 96.8 Å². The molecular weight excluding hydrogens is 226 g/mol. The van der Waals surface area contributed by atoms with Gasteiger partial charge in [0.15, 0.2) is 9.84 Å². The summed E-state index contributed by atoms with van der Waals surface area (Å²) in [6, 6.07) is 0.233. The van der Waals surface area contributed by atoms with Gasteiger partial charge in [-0.3, -0.25) is 4.68 Å². The molecule has 5 nitrogen and oxygen atoms in total. The van der Waals surface area contributed by atoms with E-state index in [0.717, 1.165) is 5.56 Å². The van der Waals surface area contributed by atoms with Gasteiger partial charge in [-0.2, -0.15) is 5.10 Å². The number of hydrogen-bond donors (Lipinski definition) is 1. The minimum atomic E-state index is -2.91. The Hall–Kier alpha value is -0.880. The van der Waals surface area contributed by atoms with Crippen LogP contribution in [0.25, 0.3) is 0 Å². The molecule has 1 unspecified atom stereocenters. The van der Waals surface area contributed by atoms with Gasteiger partial charge in [0.1, 0.15) is 0 Å². The SMILES string of the molecule is CCS(=O)(=O)CCn1cc(C(C)NC)cn1. The number of sulfone groups is 1. The van der Waals surface area contributed by atoms with E-state index >= 15 is 0 Å². The molecule has 0 aliphatic carbocycles. The van der Waals surface area contributed by atoms with Crippen molar-refractivity contribution in [2.45, 2.75) is 26.4 Å². The molecule has 0 saturated carbocycles. The third kappa shape index (κ3) is 3.61. The fraction of sp³-hybridized carbons (Fsp3) is 0.700. The summed E-state index contributed by atoms with van der Waals surface area (Å²) in [6.07, 6.45) is 3.64. The van der Waals surface area contributed by atoms with E-state index in [1.54, 1.807) is 17.8 Å². The predicted octanol–water partition coefficient (Wildman–Crippen LogP) is 0.598. The summed E-state index contributed by atoms with van der Waals surface area (Å²) in [5, 5.41) is 7.24. The lowest BCUT2D eigenvalue weighted by molar-refractivity contribution is 0.581. The van der Waals surface area contributed by atoms with Gasteiger partial charge >= 0.3 is 0 Å². The second kappa shape index (κ2) is 5.45. The highest BCUT2D eigenvalue weighted by Gasteiger charge is 2.09. The van der Waals surface area contributed by atoms with E-state index in [4.69, 9.17) is 0 Å². The van der Waals surface area contributed by atoms with Gasteiger partial charge in [-0.15, -0.1) is 0 Å². The van der Waals surface area contributed by atoms with Crippen LogP contribution < -0.4 is 5.32 Å². The summed E-state index contributed by atoms with van der Waals surface area (Å²) < 4.78 is 24.3. The molecule has 0 aliphatic heterocycles. The lowest BCUT2D eigenvalue weighted by Gasteiger charge is -2.05. The molecule has 0 spiro atoms. The van der Waals surface area contributed by atoms with Crippen molar-refractivity contribution in [2.24, 2.45) is 0 Å². The molecule has 16 heavy (non-hydrogen) atoms. The van der Waals surface area contributed by atoms with Gasteiger partial charge in [-0.25, -0.2) is 8.42 Å². The lowest BCUT2D eigenvalue weighted by Crippen LogP contribution is -2.15. The summed E-state index contributed by atoms with van der Waals surface area (Å²) in [5.74, 6) is 0.340. The fourth-order valence-corrected chi connectivity index (χ4v) is 2.02. The molecule has 0 saturated heterocycles. The molecule has 0 aliphatic rings. The highest BCUT2D eigenvalue weighted by atomic mass is 32.2. The van der Waals surface area contributed by atoms with Crippen LogP contribution in [-0.4, -0.2) is 36.8 Å². The third-order valence-electron chi connectivity index (χ3n) is 2.66. The first-order valence-corrected chi connectivity index (χ1v) is 7.20. The second-order valence-electron chi connectivity index (χ2n) is 3.78. The van der Waals surface area contributed by atoms with Crippen LogP contribution in [0.4, 0.5) is 0 Å². The van der Waals surface area contributed by atoms with Crippen LogP contribution in [0.15, 0.2) is 12.4 Å². The van der Waals surface area contributed by atoms with E-state index in [9.17, 15) is 8.42 Å². The highest BCUT2D eigenvalue weighted by molar-refractivity contribution is 7.91. The largest absolute Gasteiger partial charge is 0.313 e. The van der Waals surface area contributed by atoms with Crippen LogP contribution in [0.5, 0.6) is 0 Å². The van der Waals surface area contributed by atoms with E-state index in [1.807, 2.05) is 20.2 Å². The van der Waals surface area contributed by atoms with Crippen molar-refractivity contribution in [3.05, 3.63) is 18.0 Å². The molecule has 0 fully saturated rings. The summed E-state index contributed by atoms with van der Waals surface area (Å²) in [7, 11) is -1.03. The summed E-state index contributed by atoms with van der Waals surface area (Å²) in [6.45, 7) is 4.11. The standard InChI is InChI=1S/C10H19N3O2S/c1-4-16(14,15)6-5-13-8-10(7-12-13)9(2)11-3/h7-9,11H,4-6H2,1-3H3.